The summed E-state index contributed by atoms with van der Waals surface area (Å²) in [6, 6.07) is 14.1. The van der Waals surface area contributed by atoms with Crippen molar-refractivity contribution in [3.8, 4) is 11.4 Å². The fraction of sp³-hybridized carbons (Fsp3) is 0.176. The van der Waals surface area contributed by atoms with Gasteiger partial charge in [-0.25, -0.2) is 9.07 Å². The van der Waals surface area contributed by atoms with Crippen molar-refractivity contribution in [2.24, 2.45) is 0 Å². The van der Waals surface area contributed by atoms with E-state index in [1.807, 2.05) is 31.2 Å². The number of benzene rings is 2. The Morgan fingerprint density at radius 3 is 2.58 bits per heavy atom. The number of thioether (sulfide) groups is 1. The van der Waals surface area contributed by atoms with Gasteiger partial charge in [-0.15, -0.1) is 5.10 Å². The highest BCUT2D eigenvalue weighted by Crippen LogP contribution is 2.24. The molecule has 0 aliphatic heterocycles. The molecular formula is C17H15FN2OS3. The molecule has 3 nitrogen and oxygen atoms in total. The van der Waals surface area contributed by atoms with Crippen LogP contribution in [0.1, 0.15) is 5.56 Å². The zero-order chi connectivity index (χ0) is 16.9. The molecule has 1 heterocycles. The van der Waals surface area contributed by atoms with Crippen molar-refractivity contribution in [2.45, 2.75) is 11.3 Å². The quantitative estimate of drug-likeness (QED) is 0.331. The molecular weight excluding hydrogens is 363 g/mol. The first-order valence-corrected chi connectivity index (χ1v) is 9.51. The summed E-state index contributed by atoms with van der Waals surface area (Å²) in [4.78, 5) is 0. The molecule has 0 N–H and O–H groups in total. The molecule has 24 heavy (non-hydrogen) atoms. The first-order valence-electron chi connectivity index (χ1n) is 7.30. The number of ether oxygens (including phenoxy) is 1. The van der Waals surface area contributed by atoms with Crippen molar-refractivity contribution in [1.29, 1.82) is 0 Å². The fourth-order valence-electron chi connectivity index (χ4n) is 1.99. The summed E-state index contributed by atoms with van der Waals surface area (Å²) in [7, 11) is 0. The Bertz CT molecular complexity index is 857. The molecule has 0 fully saturated rings. The molecule has 2 aromatic carbocycles. The number of aromatic nitrogens is 2. The average Bonchev–Trinajstić information content (AvgIpc) is 2.95. The van der Waals surface area contributed by atoms with Gasteiger partial charge in [0.2, 0.25) is 0 Å². The van der Waals surface area contributed by atoms with Crippen molar-refractivity contribution in [3.63, 3.8) is 0 Å². The van der Waals surface area contributed by atoms with Crippen LogP contribution in [0.15, 0.2) is 52.9 Å². The SMILES string of the molecule is Cc1ccc(OCCSc2nn(-c3ccc(F)cc3)c(=S)s2)cc1. The molecule has 3 rings (SSSR count). The molecule has 1 aromatic heterocycles. The van der Waals surface area contributed by atoms with Crippen LogP contribution in [0.25, 0.3) is 5.69 Å². The molecule has 124 valence electrons. The number of hydrogen-bond donors (Lipinski definition) is 0. The molecule has 0 saturated heterocycles. The smallest absolute Gasteiger partial charge is 0.184 e. The van der Waals surface area contributed by atoms with Gasteiger partial charge in [0.15, 0.2) is 8.29 Å². The molecule has 0 spiro atoms. The summed E-state index contributed by atoms with van der Waals surface area (Å²) in [5, 5.41) is 4.48. The molecule has 7 heteroatoms. The molecule has 0 amide bonds. The van der Waals surface area contributed by atoms with E-state index in [-0.39, 0.29) is 5.82 Å². The largest absolute Gasteiger partial charge is 0.493 e. The Morgan fingerprint density at radius 2 is 1.88 bits per heavy atom. The lowest BCUT2D eigenvalue weighted by Gasteiger charge is -2.05. The van der Waals surface area contributed by atoms with Crippen molar-refractivity contribution < 1.29 is 9.13 Å². The van der Waals surface area contributed by atoms with Crippen LogP contribution in [0.4, 0.5) is 4.39 Å². The molecule has 0 saturated carbocycles. The Balaban J connectivity index is 1.56. The molecule has 0 atom stereocenters. The van der Waals surface area contributed by atoms with Crippen molar-refractivity contribution in [3.05, 3.63) is 63.9 Å². The minimum Gasteiger partial charge on any atom is -0.493 e. The van der Waals surface area contributed by atoms with Gasteiger partial charge in [-0.1, -0.05) is 40.8 Å². The lowest BCUT2D eigenvalue weighted by atomic mass is 10.2. The molecule has 3 aromatic rings. The van der Waals surface area contributed by atoms with Gasteiger partial charge in [0.25, 0.3) is 0 Å². The van der Waals surface area contributed by atoms with E-state index in [2.05, 4.69) is 5.10 Å². The van der Waals surface area contributed by atoms with E-state index in [9.17, 15) is 4.39 Å². The van der Waals surface area contributed by atoms with Gasteiger partial charge in [0.05, 0.1) is 12.3 Å². The van der Waals surface area contributed by atoms with Crippen molar-refractivity contribution in [2.75, 3.05) is 12.4 Å². The van der Waals surface area contributed by atoms with Gasteiger partial charge >= 0.3 is 0 Å². The van der Waals surface area contributed by atoms with Gasteiger partial charge in [0, 0.05) is 5.75 Å². The Hall–Kier alpha value is -1.70. The fourth-order valence-corrected chi connectivity index (χ4v) is 4.24. The minimum atomic E-state index is -0.275. The van der Waals surface area contributed by atoms with Gasteiger partial charge in [-0.2, -0.15) is 0 Å². The van der Waals surface area contributed by atoms with Crippen LogP contribution in [0, 0.1) is 16.7 Å². The second kappa shape index (κ2) is 7.92. The van der Waals surface area contributed by atoms with E-state index in [1.165, 1.54) is 29.0 Å². The lowest BCUT2D eigenvalue weighted by molar-refractivity contribution is 0.344. The maximum Gasteiger partial charge on any atom is 0.184 e. The summed E-state index contributed by atoms with van der Waals surface area (Å²) >= 11 is 8.37. The van der Waals surface area contributed by atoms with Gasteiger partial charge in [-0.05, 0) is 55.5 Å². The third kappa shape index (κ3) is 4.43. The van der Waals surface area contributed by atoms with Crippen LogP contribution in [0.2, 0.25) is 0 Å². The zero-order valence-corrected chi connectivity index (χ0v) is 15.4. The molecule has 0 aliphatic carbocycles. The van der Waals surface area contributed by atoms with Crippen LogP contribution in [-0.2, 0) is 0 Å². The topological polar surface area (TPSA) is 27.1 Å². The number of aryl methyl sites for hydroxylation is 1. The monoisotopic (exact) mass is 378 g/mol. The first-order chi connectivity index (χ1) is 11.6. The molecule has 0 radical (unpaired) electrons. The maximum absolute atomic E-state index is 13.0. The van der Waals surface area contributed by atoms with Crippen LogP contribution in [-0.4, -0.2) is 22.1 Å². The van der Waals surface area contributed by atoms with E-state index < -0.39 is 0 Å². The van der Waals surface area contributed by atoms with E-state index >= 15 is 0 Å². The van der Waals surface area contributed by atoms with Crippen molar-refractivity contribution in [1.82, 2.24) is 9.78 Å². The predicted octanol–water partition coefficient (Wildman–Crippen LogP) is 5.28. The van der Waals surface area contributed by atoms with Crippen LogP contribution in [0.3, 0.4) is 0 Å². The normalized spacial score (nSPS) is 10.8. The zero-order valence-electron chi connectivity index (χ0n) is 12.9. The van der Waals surface area contributed by atoms with Gasteiger partial charge in [-0.3, -0.25) is 0 Å². The highest BCUT2D eigenvalue weighted by Gasteiger charge is 2.07. The van der Waals surface area contributed by atoms with Gasteiger partial charge < -0.3 is 4.74 Å². The second-order valence-corrected chi connectivity index (χ2v) is 8.00. The van der Waals surface area contributed by atoms with E-state index in [0.29, 0.717) is 10.6 Å². The summed E-state index contributed by atoms with van der Waals surface area (Å²) in [5.41, 5.74) is 1.98. The maximum atomic E-state index is 13.0. The first kappa shape index (κ1) is 17.1. The third-order valence-corrected chi connectivity index (χ3v) is 5.53. The Labute approximate surface area is 153 Å². The number of nitrogens with zero attached hydrogens (tertiary/aromatic N) is 2. The Morgan fingerprint density at radius 1 is 1.17 bits per heavy atom. The summed E-state index contributed by atoms with van der Waals surface area (Å²) < 4.78 is 21.9. The number of hydrogen-bond acceptors (Lipinski definition) is 5. The average molecular weight is 379 g/mol. The number of halogens is 1. The van der Waals surface area contributed by atoms with E-state index in [0.717, 1.165) is 21.5 Å². The molecule has 0 unspecified atom stereocenters. The summed E-state index contributed by atoms with van der Waals surface area (Å²) in [5.74, 6) is 1.37. The highest BCUT2D eigenvalue weighted by atomic mass is 32.2. The third-order valence-electron chi connectivity index (χ3n) is 3.20. The van der Waals surface area contributed by atoms with Crippen LogP contribution >= 0.6 is 35.3 Å². The summed E-state index contributed by atoms with van der Waals surface area (Å²) in [6.07, 6.45) is 0. The van der Waals surface area contributed by atoms with E-state index in [1.54, 1.807) is 28.6 Å². The summed E-state index contributed by atoms with van der Waals surface area (Å²) in [6.45, 7) is 2.64. The minimum absolute atomic E-state index is 0.275. The lowest BCUT2D eigenvalue weighted by Crippen LogP contribution is -2.00. The second-order valence-electron chi connectivity index (χ2n) is 5.03. The standard InChI is InChI=1S/C17H15FN2OS3/c1-12-2-8-15(9-3-12)21-10-11-23-16-19-20(17(22)24-16)14-6-4-13(18)5-7-14/h2-9H,10-11H2,1H3. The van der Waals surface area contributed by atoms with Crippen molar-refractivity contribution >= 4 is 35.3 Å². The van der Waals surface area contributed by atoms with E-state index in [4.69, 9.17) is 17.0 Å². The predicted molar refractivity (Wildman–Crippen MR) is 99.6 cm³/mol. The van der Waals surface area contributed by atoms with Gasteiger partial charge in [0.1, 0.15) is 11.6 Å². The highest BCUT2D eigenvalue weighted by molar-refractivity contribution is 8.01. The Kier molecular flexibility index (Phi) is 5.65. The molecule has 0 bridgehead atoms. The van der Waals surface area contributed by atoms with Crippen LogP contribution < -0.4 is 4.74 Å². The number of rotatable bonds is 6. The van der Waals surface area contributed by atoms with Crippen LogP contribution in [0.5, 0.6) is 5.75 Å². The molecule has 0 aliphatic rings.